The minimum atomic E-state index is -0.781. The molecule has 0 radical (unpaired) electrons. The Kier molecular flexibility index (Phi) is 5.54. The lowest BCUT2D eigenvalue weighted by molar-refractivity contribution is -0.142. The average Bonchev–Trinajstić information content (AvgIpc) is 3.11. The van der Waals surface area contributed by atoms with E-state index in [9.17, 15) is 14.7 Å². The molecule has 0 saturated carbocycles. The van der Waals surface area contributed by atoms with E-state index in [-0.39, 0.29) is 17.7 Å². The third-order valence-corrected chi connectivity index (χ3v) is 4.36. The molecule has 2 rings (SSSR count). The highest BCUT2D eigenvalue weighted by Gasteiger charge is 2.38. The Morgan fingerprint density at radius 2 is 2.36 bits per heavy atom. The minimum Gasteiger partial charge on any atom is -0.480 e. The van der Waals surface area contributed by atoms with Crippen LogP contribution in [0.3, 0.4) is 0 Å². The highest BCUT2D eigenvalue weighted by atomic mass is 16.4. The van der Waals surface area contributed by atoms with Crippen LogP contribution in [-0.2, 0) is 9.59 Å². The minimum absolute atomic E-state index is 0.0509. The van der Waals surface area contributed by atoms with Crippen molar-refractivity contribution in [3.05, 3.63) is 18.2 Å². The maximum atomic E-state index is 11.5. The van der Waals surface area contributed by atoms with Gasteiger partial charge < -0.3 is 15.4 Å². The fourth-order valence-corrected chi connectivity index (χ4v) is 3.04. The number of likely N-dealkylation sites (tertiary alicyclic amines) is 1. The quantitative estimate of drug-likeness (QED) is 0.692. The fraction of sp³-hybridized carbons (Fsp3) is 0.667. The number of H-pyrrole nitrogens is 1. The van der Waals surface area contributed by atoms with E-state index >= 15 is 0 Å². The maximum Gasteiger partial charge on any atom is 0.320 e. The van der Waals surface area contributed by atoms with E-state index in [1.54, 1.807) is 12.5 Å². The number of carbonyl (C=O) groups is 2. The van der Waals surface area contributed by atoms with Crippen LogP contribution >= 0.6 is 0 Å². The first kappa shape index (κ1) is 16.5. The molecule has 0 aromatic carbocycles. The standard InChI is InChI=1S/C15H24N4O3/c1-3-11(5-17-10(2)20)7-19-8-12(4-14(19)15(21)22)13-6-16-9-18-13/h6,9,11-12,14H,3-5,7-8H2,1-2H3,(H,16,18)(H,17,20)(H,21,22). The number of hydrogen-bond acceptors (Lipinski definition) is 4. The Balaban J connectivity index is 2.00. The molecule has 7 nitrogen and oxygen atoms in total. The number of rotatable bonds is 7. The highest BCUT2D eigenvalue weighted by Crippen LogP contribution is 2.31. The molecule has 1 aliphatic rings. The van der Waals surface area contributed by atoms with Crippen LogP contribution in [0.4, 0.5) is 0 Å². The van der Waals surface area contributed by atoms with Crippen LogP contribution < -0.4 is 5.32 Å². The predicted molar refractivity (Wildman–Crippen MR) is 81.4 cm³/mol. The zero-order valence-corrected chi connectivity index (χ0v) is 13.1. The molecular formula is C15H24N4O3. The van der Waals surface area contributed by atoms with Crippen LogP contribution in [0.1, 0.15) is 38.3 Å². The third-order valence-electron chi connectivity index (χ3n) is 4.36. The van der Waals surface area contributed by atoms with E-state index in [2.05, 4.69) is 22.2 Å². The van der Waals surface area contributed by atoms with Crippen molar-refractivity contribution in [2.24, 2.45) is 5.92 Å². The molecule has 0 spiro atoms. The van der Waals surface area contributed by atoms with Gasteiger partial charge in [0.05, 0.1) is 6.33 Å². The predicted octanol–water partition coefficient (Wildman–Crippen LogP) is 0.815. The number of aromatic amines is 1. The maximum absolute atomic E-state index is 11.5. The van der Waals surface area contributed by atoms with Crippen LogP contribution in [0, 0.1) is 5.92 Å². The monoisotopic (exact) mass is 308 g/mol. The lowest BCUT2D eigenvalue weighted by Gasteiger charge is -2.26. The number of amides is 1. The van der Waals surface area contributed by atoms with E-state index in [0.717, 1.165) is 12.1 Å². The average molecular weight is 308 g/mol. The molecule has 3 unspecified atom stereocenters. The number of aliphatic carboxylic acids is 1. The molecule has 22 heavy (non-hydrogen) atoms. The summed E-state index contributed by atoms with van der Waals surface area (Å²) in [5, 5.41) is 12.3. The molecule has 7 heteroatoms. The Bertz CT molecular complexity index is 503. The van der Waals surface area contributed by atoms with Crippen molar-refractivity contribution >= 4 is 11.9 Å². The first-order valence-corrected chi connectivity index (χ1v) is 7.70. The number of nitrogens with one attached hydrogen (secondary N) is 2. The first-order valence-electron chi connectivity index (χ1n) is 7.70. The number of nitrogens with zero attached hydrogens (tertiary/aromatic N) is 2. The summed E-state index contributed by atoms with van der Waals surface area (Å²) in [4.78, 5) is 31.7. The largest absolute Gasteiger partial charge is 0.480 e. The molecule has 1 fully saturated rings. The summed E-state index contributed by atoms with van der Waals surface area (Å²) < 4.78 is 0. The number of hydrogen-bond donors (Lipinski definition) is 3. The van der Waals surface area contributed by atoms with Crippen LogP contribution in [0.25, 0.3) is 0 Å². The molecular weight excluding hydrogens is 284 g/mol. The van der Waals surface area contributed by atoms with Crippen molar-refractivity contribution in [3.8, 4) is 0 Å². The van der Waals surface area contributed by atoms with E-state index in [0.29, 0.717) is 26.1 Å². The number of aromatic nitrogens is 2. The van der Waals surface area contributed by atoms with Crippen molar-refractivity contribution in [1.82, 2.24) is 20.2 Å². The van der Waals surface area contributed by atoms with Crippen LogP contribution in [-0.4, -0.2) is 57.5 Å². The Hall–Kier alpha value is -1.89. The lowest BCUT2D eigenvalue weighted by atomic mass is 10.0. The van der Waals surface area contributed by atoms with Gasteiger partial charge in [0.1, 0.15) is 6.04 Å². The lowest BCUT2D eigenvalue weighted by Crippen LogP contribution is -2.41. The summed E-state index contributed by atoms with van der Waals surface area (Å²) in [6.45, 7) is 5.53. The summed E-state index contributed by atoms with van der Waals surface area (Å²) in [6.07, 6.45) is 4.88. The van der Waals surface area contributed by atoms with E-state index in [1.165, 1.54) is 6.92 Å². The second kappa shape index (κ2) is 7.40. The topological polar surface area (TPSA) is 98.3 Å². The molecule has 0 aliphatic carbocycles. The number of imidazole rings is 1. The second-order valence-corrected chi connectivity index (χ2v) is 5.96. The summed E-state index contributed by atoms with van der Waals surface area (Å²) in [5.41, 5.74) is 0.989. The molecule has 1 saturated heterocycles. The molecule has 1 aromatic rings. The summed E-state index contributed by atoms with van der Waals surface area (Å²) in [5.74, 6) is -0.408. The van der Waals surface area contributed by atoms with Gasteiger partial charge in [-0.2, -0.15) is 0 Å². The van der Waals surface area contributed by atoms with Gasteiger partial charge in [-0.25, -0.2) is 4.98 Å². The van der Waals surface area contributed by atoms with Gasteiger partial charge in [0, 0.05) is 44.4 Å². The summed E-state index contributed by atoms with van der Waals surface area (Å²) >= 11 is 0. The summed E-state index contributed by atoms with van der Waals surface area (Å²) in [6, 6.07) is -0.473. The van der Waals surface area contributed by atoms with Crippen molar-refractivity contribution in [2.45, 2.75) is 38.6 Å². The van der Waals surface area contributed by atoms with Crippen molar-refractivity contribution < 1.29 is 14.7 Å². The van der Waals surface area contributed by atoms with Gasteiger partial charge in [0.25, 0.3) is 0 Å². The molecule has 0 bridgehead atoms. The molecule has 3 atom stereocenters. The molecule has 1 aromatic heterocycles. The number of carboxylic acids is 1. The first-order chi connectivity index (χ1) is 10.5. The SMILES string of the molecule is CCC(CNC(C)=O)CN1CC(c2cnc[nH]2)CC1C(=O)O. The van der Waals surface area contributed by atoms with Gasteiger partial charge >= 0.3 is 5.97 Å². The van der Waals surface area contributed by atoms with E-state index in [1.807, 2.05) is 4.90 Å². The van der Waals surface area contributed by atoms with E-state index < -0.39 is 12.0 Å². The fourth-order valence-electron chi connectivity index (χ4n) is 3.04. The Labute approximate surface area is 130 Å². The van der Waals surface area contributed by atoms with Crippen molar-refractivity contribution in [1.29, 1.82) is 0 Å². The van der Waals surface area contributed by atoms with Crippen LogP contribution in [0.2, 0.25) is 0 Å². The highest BCUT2D eigenvalue weighted by molar-refractivity contribution is 5.74. The number of carbonyl (C=O) groups excluding carboxylic acids is 1. The second-order valence-electron chi connectivity index (χ2n) is 5.96. The molecule has 2 heterocycles. The van der Waals surface area contributed by atoms with Crippen LogP contribution in [0.5, 0.6) is 0 Å². The van der Waals surface area contributed by atoms with Gasteiger partial charge in [-0.1, -0.05) is 13.3 Å². The smallest absolute Gasteiger partial charge is 0.320 e. The Morgan fingerprint density at radius 1 is 1.59 bits per heavy atom. The van der Waals surface area contributed by atoms with Crippen molar-refractivity contribution in [2.75, 3.05) is 19.6 Å². The van der Waals surface area contributed by atoms with Crippen molar-refractivity contribution in [3.63, 3.8) is 0 Å². The molecule has 1 aliphatic heterocycles. The normalized spacial score (nSPS) is 23.4. The Morgan fingerprint density at radius 3 is 2.91 bits per heavy atom. The van der Waals surface area contributed by atoms with Gasteiger partial charge in [0.15, 0.2) is 0 Å². The van der Waals surface area contributed by atoms with Crippen LogP contribution in [0.15, 0.2) is 12.5 Å². The van der Waals surface area contributed by atoms with Gasteiger partial charge in [-0.3, -0.25) is 14.5 Å². The van der Waals surface area contributed by atoms with Gasteiger partial charge in [-0.15, -0.1) is 0 Å². The molecule has 1 amide bonds. The number of carboxylic acid groups (broad SMARTS) is 1. The van der Waals surface area contributed by atoms with E-state index in [4.69, 9.17) is 0 Å². The third kappa shape index (κ3) is 4.07. The van der Waals surface area contributed by atoms with Gasteiger partial charge in [-0.05, 0) is 12.3 Å². The molecule has 122 valence electrons. The zero-order valence-electron chi connectivity index (χ0n) is 13.1. The zero-order chi connectivity index (χ0) is 16.1. The molecule has 3 N–H and O–H groups in total. The summed E-state index contributed by atoms with van der Waals surface area (Å²) in [7, 11) is 0. The van der Waals surface area contributed by atoms with Gasteiger partial charge in [0.2, 0.25) is 5.91 Å².